The molecule has 0 radical (unpaired) electrons. The number of carbonyl (C=O) groups is 2. The number of thioether (sulfide) groups is 1. The van der Waals surface area contributed by atoms with E-state index in [9.17, 15) is 52.8 Å². The fourth-order valence-electron chi connectivity index (χ4n) is 8.62. The Kier molecular flexibility index (Phi) is 16.8. The topological polar surface area (TPSA) is 163 Å². The highest BCUT2D eigenvalue weighted by atomic mass is 32.2. The number of hydrogen-bond donors (Lipinski definition) is 2. The quantitative estimate of drug-likeness (QED) is 0.142. The molecule has 2 N–H and O–H groups in total. The van der Waals surface area contributed by atoms with Crippen LogP contribution in [0, 0.1) is 0 Å². The lowest BCUT2D eigenvalue weighted by Crippen LogP contribution is -2.42. The summed E-state index contributed by atoms with van der Waals surface area (Å²) in [6, 6.07) is 15.5. The lowest BCUT2D eigenvalue weighted by molar-refractivity contribution is -0.122. The number of sulfonamides is 2. The molecule has 21 heteroatoms. The first kappa shape index (κ1) is 59.1. The number of hydrogen-bond acceptors (Lipinski definition) is 11. The zero-order chi connectivity index (χ0) is 56.1. The minimum atomic E-state index is -6.14. The zero-order valence-corrected chi connectivity index (χ0v) is 46.7. The first-order chi connectivity index (χ1) is 34.2. The van der Waals surface area contributed by atoms with Gasteiger partial charge in [-0.15, -0.1) is 0 Å². The maximum absolute atomic E-state index is 13.5. The van der Waals surface area contributed by atoms with Crippen molar-refractivity contribution in [2.24, 2.45) is 0 Å². The minimum absolute atomic E-state index is 0.00771. The summed E-state index contributed by atoms with van der Waals surface area (Å²) in [5.41, 5.74) is -5.79. The highest BCUT2D eigenvalue weighted by Gasteiger charge is 2.48. The van der Waals surface area contributed by atoms with Crippen LogP contribution in [0.3, 0.4) is 0 Å². The molecule has 0 aromatic heterocycles. The predicted octanol–water partition coefficient (Wildman–Crippen LogP) is 10.7. The highest BCUT2D eigenvalue weighted by Crippen LogP contribution is 2.45. The van der Waals surface area contributed by atoms with Crippen LogP contribution >= 0.6 is 11.8 Å². The first-order valence-corrected chi connectivity index (χ1v) is 28.3. The van der Waals surface area contributed by atoms with Gasteiger partial charge in [-0.3, -0.25) is 9.59 Å². The number of fused-ring (bicyclic) bond motifs is 4. The van der Waals surface area contributed by atoms with Crippen LogP contribution in [-0.2, 0) is 77.0 Å². The van der Waals surface area contributed by atoms with Gasteiger partial charge in [-0.05, 0) is 88.4 Å². The molecule has 0 saturated heterocycles. The number of nitrogens with one attached hydrogen (secondary N) is 2. The van der Waals surface area contributed by atoms with Gasteiger partial charge in [-0.25, -0.2) is 9.44 Å². The number of alkyl halides is 6. The van der Waals surface area contributed by atoms with Gasteiger partial charge in [-0.2, -0.15) is 54.9 Å². The molecule has 4 aromatic carbocycles. The first-order valence-electron chi connectivity index (χ1n) is 24.2. The molecular formula is C54H66F6N2O10S3. The van der Waals surface area contributed by atoms with Crippen LogP contribution in [-0.4, -0.2) is 77.6 Å². The molecule has 2 aliphatic rings. The van der Waals surface area contributed by atoms with E-state index in [0.717, 1.165) is 42.8 Å². The van der Waals surface area contributed by atoms with E-state index in [1.54, 1.807) is 23.9 Å². The van der Waals surface area contributed by atoms with Crippen LogP contribution in [0.25, 0.3) is 0 Å². The van der Waals surface area contributed by atoms with E-state index in [2.05, 4.69) is 53.7 Å². The smallest absolute Gasteiger partial charge is 0.492 e. The molecule has 0 fully saturated rings. The number of amides is 2. The third-order valence-corrected chi connectivity index (χ3v) is 15.8. The van der Waals surface area contributed by atoms with Crippen molar-refractivity contribution in [2.45, 2.75) is 141 Å². The molecule has 0 atom stereocenters. The maximum Gasteiger partial charge on any atom is 0.516 e. The number of halogens is 6. The van der Waals surface area contributed by atoms with Gasteiger partial charge in [0.25, 0.3) is 11.8 Å². The third kappa shape index (κ3) is 14.3. The van der Waals surface area contributed by atoms with Crippen molar-refractivity contribution in [1.82, 2.24) is 9.44 Å². The Morgan fingerprint density at radius 3 is 0.960 bits per heavy atom. The van der Waals surface area contributed by atoms with E-state index in [-0.39, 0.29) is 30.8 Å². The fraction of sp³-hybridized carbons (Fsp3) is 0.519. The van der Waals surface area contributed by atoms with Gasteiger partial charge >= 0.3 is 31.1 Å². The van der Waals surface area contributed by atoms with Gasteiger partial charge in [0.15, 0.2) is 13.2 Å². The third-order valence-electron chi connectivity index (χ3n) is 12.7. The van der Waals surface area contributed by atoms with Crippen LogP contribution in [0.2, 0.25) is 0 Å². The second-order valence-corrected chi connectivity index (χ2v) is 27.6. The molecule has 12 nitrogen and oxygen atoms in total. The number of carbonyl (C=O) groups excluding carboxylic acids is 2. The Labute approximate surface area is 440 Å². The van der Waals surface area contributed by atoms with Crippen LogP contribution in [0.1, 0.15) is 150 Å². The van der Waals surface area contributed by atoms with E-state index in [1.165, 1.54) is 0 Å². The Morgan fingerprint density at radius 1 is 0.467 bits per heavy atom. The summed E-state index contributed by atoms with van der Waals surface area (Å²) < 4.78 is 158. The van der Waals surface area contributed by atoms with Crippen LogP contribution < -0.4 is 28.4 Å². The Morgan fingerprint density at radius 2 is 0.707 bits per heavy atom. The molecule has 2 amide bonds. The summed E-state index contributed by atoms with van der Waals surface area (Å²) in [5, 5.41) is 0. The second kappa shape index (κ2) is 21.3. The van der Waals surface area contributed by atoms with Crippen LogP contribution in [0.5, 0.6) is 23.0 Å². The molecule has 1 heterocycles. The molecule has 0 saturated carbocycles. The Balaban J connectivity index is 1.77. The molecular weight excluding hydrogens is 1050 g/mol. The van der Waals surface area contributed by atoms with Crippen molar-refractivity contribution < 1.29 is 71.7 Å². The number of benzene rings is 4. The molecule has 412 valence electrons. The molecule has 0 unspecified atom stereocenters. The van der Waals surface area contributed by atoms with Crippen molar-refractivity contribution in [3.8, 4) is 23.0 Å². The summed E-state index contributed by atoms with van der Waals surface area (Å²) in [6.07, 6.45) is 0.207. The van der Waals surface area contributed by atoms with E-state index < -0.39 is 77.8 Å². The van der Waals surface area contributed by atoms with Crippen LogP contribution in [0.15, 0.2) is 48.5 Å². The fourth-order valence-corrected chi connectivity index (χ4v) is 10.2. The van der Waals surface area contributed by atoms with Gasteiger partial charge < -0.3 is 18.9 Å². The number of rotatable bonds is 8. The number of ether oxygens (including phenoxy) is 4. The van der Waals surface area contributed by atoms with Crippen molar-refractivity contribution in [3.63, 3.8) is 0 Å². The summed E-state index contributed by atoms with van der Waals surface area (Å²) in [5.74, 6) is -0.940. The average Bonchev–Trinajstić information content (AvgIpc) is 3.23. The average molecular weight is 1110 g/mol. The highest BCUT2D eigenvalue weighted by molar-refractivity contribution is 7.99. The normalized spacial score (nSPS) is 15.2. The van der Waals surface area contributed by atoms with E-state index in [0.29, 0.717) is 76.0 Å². The van der Waals surface area contributed by atoms with Gasteiger partial charge in [0, 0.05) is 37.2 Å². The molecule has 1 aliphatic heterocycles. The van der Waals surface area contributed by atoms with E-state index in [4.69, 9.17) is 18.9 Å². The van der Waals surface area contributed by atoms with E-state index >= 15 is 0 Å². The summed E-state index contributed by atoms with van der Waals surface area (Å²) in [4.78, 5) is 26.5. The summed E-state index contributed by atoms with van der Waals surface area (Å²) >= 11 is 1.61. The molecule has 6 rings (SSSR count). The van der Waals surface area contributed by atoms with Gasteiger partial charge in [0.1, 0.15) is 23.0 Å². The predicted molar refractivity (Wildman–Crippen MR) is 277 cm³/mol. The Hall–Kier alpha value is -5.15. The summed E-state index contributed by atoms with van der Waals surface area (Å²) in [7, 11) is -12.3. The lowest BCUT2D eigenvalue weighted by Gasteiger charge is -2.29. The summed E-state index contributed by atoms with van der Waals surface area (Å²) in [6.45, 7) is 22.4. The van der Waals surface area contributed by atoms with Gasteiger partial charge in [0.2, 0.25) is 0 Å². The molecule has 4 aromatic rings. The van der Waals surface area contributed by atoms with Gasteiger partial charge in [0.05, 0.1) is 13.2 Å². The molecule has 75 heavy (non-hydrogen) atoms. The Bertz CT molecular complexity index is 2870. The lowest BCUT2D eigenvalue weighted by atomic mass is 9.79. The zero-order valence-electron chi connectivity index (χ0n) is 44.3. The van der Waals surface area contributed by atoms with Crippen molar-refractivity contribution in [2.75, 3.05) is 37.9 Å². The minimum Gasteiger partial charge on any atom is -0.492 e. The SMILES string of the molecule is CC(C)(C)c1cc2c3c(c1)Cc1cc(C(C)(C)C)cc(c1OCC(=O)NS(=O)(=O)C(F)(F)F)Cc1cc(C(C)(C)C)cc(c1OCC(=O)NS(=O)(=O)C(F)(F)F)Cc1cc(C(C)(C)C)cc(c1OCCSCCO3)C2. The molecule has 10 bridgehead atoms. The maximum atomic E-state index is 13.5. The van der Waals surface area contributed by atoms with E-state index in [1.807, 2.05) is 65.8 Å². The van der Waals surface area contributed by atoms with Gasteiger partial charge in [-0.1, -0.05) is 132 Å². The largest absolute Gasteiger partial charge is 0.516 e. The van der Waals surface area contributed by atoms with Crippen molar-refractivity contribution in [3.05, 3.63) is 115 Å². The molecule has 0 spiro atoms. The molecule has 1 aliphatic carbocycles. The second-order valence-electron chi connectivity index (χ2n) is 23.0. The van der Waals surface area contributed by atoms with Crippen molar-refractivity contribution in [1.29, 1.82) is 0 Å². The van der Waals surface area contributed by atoms with Crippen LogP contribution in [0.4, 0.5) is 26.3 Å². The standard InChI is InChI=1S/C54H66F6N2O10S3/c1-49(2,3)39-21-31-17-32-22-40(50(4,5)6)24-34-19-36-26-42(52(10,11)12)28-38(48(36)72-30-44(64)62-75(67,68)54(58,59)60)20-37-27-41(51(7,8)9)25-35(47(37)71-29-43(63)61-74(65,66)53(55,56)57)18-33(23-39)45(31)69-13-15-73-16-14-70-46(32)34/h21-28H,13-20,29-30H2,1-12H3,(H,61,63)(H,62,64). The van der Waals surface area contributed by atoms with Crippen molar-refractivity contribution >= 4 is 43.6 Å². The monoisotopic (exact) mass is 1110 g/mol.